The summed E-state index contributed by atoms with van der Waals surface area (Å²) in [5, 5.41) is 0. The Labute approximate surface area is 121 Å². The van der Waals surface area contributed by atoms with Crippen molar-refractivity contribution in [3.63, 3.8) is 0 Å². The molecule has 1 saturated carbocycles. The number of aryl methyl sites for hydroxylation is 1. The lowest BCUT2D eigenvalue weighted by molar-refractivity contribution is 0.254. The Morgan fingerprint density at radius 2 is 1.85 bits per heavy atom. The van der Waals surface area contributed by atoms with Gasteiger partial charge in [0.1, 0.15) is 11.6 Å². The molecule has 0 spiro atoms. The maximum atomic E-state index is 4.87. The van der Waals surface area contributed by atoms with Crippen LogP contribution in [-0.4, -0.2) is 47.1 Å². The number of hydrogen-bond donors (Lipinski definition) is 0. The molecule has 3 aliphatic rings. The number of anilines is 1. The molecule has 0 amide bonds. The van der Waals surface area contributed by atoms with Crippen LogP contribution in [0.1, 0.15) is 49.5 Å². The molecule has 2 aliphatic heterocycles. The topological polar surface area (TPSA) is 32.3 Å². The predicted octanol–water partition coefficient (Wildman–Crippen LogP) is 2.34. The Kier molecular flexibility index (Phi) is 2.95. The number of rotatable bonds is 2. The monoisotopic (exact) mass is 272 g/mol. The van der Waals surface area contributed by atoms with E-state index in [9.17, 15) is 0 Å². The zero-order chi connectivity index (χ0) is 13.7. The lowest BCUT2D eigenvalue weighted by Gasteiger charge is -2.27. The zero-order valence-corrected chi connectivity index (χ0v) is 12.5. The first-order valence-corrected chi connectivity index (χ1v) is 8.03. The van der Waals surface area contributed by atoms with E-state index in [1.807, 2.05) is 0 Å². The minimum atomic E-state index is 0.639. The van der Waals surface area contributed by atoms with Gasteiger partial charge in [0.05, 0.1) is 0 Å². The minimum Gasteiger partial charge on any atom is -0.355 e. The van der Waals surface area contributed by atoms with Gasteiger partial charge in [-0.2, -0.15) is 0 Å². The van der Waals surface area contributed by atoms with E-state index in [2.05, 4.69) is 34.8 Å². The first kappa shape index (κ1) is 12.6. The van der Waals surface area contributed by atoms with E-state index in [4.69, 9.17) is 4.98 Å². The third kappa shape index (κ3) is 2.20. The summed E-state index contributed by atoms with van der Waals surface area (Å²) in [6, 6.07) is 3.67. The van der Waals surface area contributed by atoms with E-state index in [1.165, 1.54) is 37.9 Å². The number of fused-ring (bicyclic) bond motifs is 2. The maximum absolute atomic E-state index is 4.87. The number of likely N-dealkylation sites (N-methyl/N-ethyl adjacent to an activating group) is 1. The summed E-state index contributed by atoms with van der Waals surface area (Å²) in [5.41, 5.74) is 1.12. The molecule has 0 N–H and O–H groups in total. The van der Waals surface area contributed by atoms with Crippen molar-refractivity contribution in [3.05, 3.63) is 17.6 Å². The summed E-state index contributed by atoms with van der Waals surface area (Å²) in [7, 11) is 2.30. The van der Waals surface area contributed by atoms with Gasteiger partial charge in [0, 0.05) is 42.9 Å². The molecule has 2 unspecified atom stereocenters. The summed E-state index contributed by atoms with van der Waals surface area (Å²) >= 11 is 0. The largest absolute Gasteiger partial charge is 0.355 e. The molecule has 4 heteroatoms. The van der Waals surface area contributed by atoms with Gasteiger partial charge in [-0.25, -0.2) is 9.97 Å². The average Bonchev–Trinajstić information content (AvgIpc) is 3.18. The summed E-state index contributed by atoms with van der Waals surface area (Å²) in [6.07, 6.45) is 6.55. The highest BCUT2D eigenvalue weighted by Gasteiger charge is 2.35. The molecule has 1 aromatic heterocycles. The Morgan fingerprint density at radius 1 is 1.05 bits per heavy atom. The number of aromatic nitrogens is 2. The number of nitrogens with zero attached hydrogens (tertiary/aromatic N) is 4. The third-order valence-corrected chi connectivity index (χ3v) is 5.27. The Hall–Kier alpha value is -1.16. The van der Waals surface area contributed by atoms with Gasteiger partial charge in [-0.15, -0.1) is 0 Å². The molecule has 4 nitrogen and oxygen atoms in total. The Bertz CT molecular complexity index is 511. The van der Waals surface area contributed by atoms with Gasteiger partial charge < -0.3 is 4.90 Å². The molecule has 1 aliphatic carbocycles. The van der Waals surface area contributed by atoms with Gasteiger partial charge in [0.25, 0.3) is 0 Å². The van der Waals surface area contributed by atoms with Gasteiger partial charge in [-0.1, -0.05) is 0 Å². The molecular formula is C16H24N4. The highest BCUT2D eigenvalue weighted by atomic mass is 15.3. The van der Waals surface area contributed by atoms with Crippen LogP contribution >= 0.6 is 0 Å². The van der Waals surface area contributed by atoms with Crippen molar-refractivity contribution in [2.24, 2.45) is 0 Å². The molecular weight excluding hydrogens is 248 g/mol. The van der Waals surface area contributed by atoms with Gasteiger partial charge in [0.2, 0.25) is 0 Å². The molecule has 3 fully saturated rings. The van der Waals surface area contributed by atoms with E-state index in [0.29, 0.717) is 12.0 Å². The van der Waals surface area contributed by atoms with Crippen LogP contribution < -0.4 is 4.90 Å². The van der Waals surface area contributed by atoms with E-state index in [0.717, 1.165) is 30.6 Å². The van der Waals surface area contributed by atoms with Crippen LogP contribution in [0.5, 0.6) is 0 Å². The molecule has 1 aromatic rings. The molecule has 2 saturated heterocycles. The molecule has 0 aromatic carbocycles. The first-order valence-electron chi connectivity index (χ1n) is 8.03. The first-order chi connectivity index (χ1) is 9.70. The van der Waals surface area contributed by atoms with Gasteiger partial charge in [-0.05, 0) is 46.1 Å². The molecule has 108 valence electrons. The Morgan fingerprint density at radius 3 is 2.65 bits per heavy atom. The lowest BCUT2D eigenvalue weighted by Crippen LogP contribution is -2.37. The van der Waals surface area contributed by atoms with Crippen molar-refractivity contribution in [1.82, 2.24) is 14.9 Å². The zero-order valence-electron chi connectivity index (χ0n) is 12.5. The van der Waals surface area contributed by atoms with E-state index >= 15 is 0 Å². The normalized spacial score (nSPS) is 30.6. The van der Waals surface area contributed by atoms with Crippen LogP contribution in [0.15, 0.2) is 6.07 Å². The lowest BCUT2D eigenvalue weighted by atomic mass is 10.1. The summed E-state index contributed by atoms with van der Waals surface area (Å²) in [6.45, 7) is 4.38. The number of hydrogen-bond acceptors (Lipinski definition) is 4. The molecule has 20 heavy (non-hydrogen) atoms. The summed E-state index contributed by atoms with van der Waals surface area (Å²) in [4.78, 5) is 14.6. The smallest absolute Gasteiger partial charge is 0.134 e. The standard InChI is InChI=1S/C16H24N4/c1-11-9-15(18-16(17-11)12-3-4-12)20-8-7-13-5-6-14(10-20)19(13)2/h9,12-14H,3-8,10H2,1-2H3. The molecule has 3 heterocycles. The van der Waals surface area contributed by atoms with Crippen LogP contribution in [0.3, 0.4) is 0 Å². The van der Waals surface area contributed by atoms with E-state index in [-0.39, 0.29) is 0 Å². The third-order valence-electron chi connectivity index (χ3n) is 5.27. The second-order valence-electron chi connectivity index (χ2n) is 6.79. The fraction of sp³-hybridized carbons (Fsp3) is 0.750. The van der Waals surface area contributed by atoms with Crippen LogP contribution in [0.4, 0.5) is 5.82 Å². The second-order valence-corrected chi connectivity index (χ2v) is 6.79. The van der Waals surface area contributed by atoms with Crippen molar-refractivity contribution in [2.45, 2.75) is 57.0 Å². The minimum absolute atomic E-state index is 0.639. The molecule has 4 rings (SSSR count). The van der Waals surface area contributed by atoms with Gasteiger partial charge >= 0.3 is 0 Å². The SMILES string of the molecule is Cc1cc(N2CCC3CCC(C2)N3C)nc(C2CC2)n1. The molecule has 2 bridgehead atoms. The Balaban J connectivity index is 1.60. The van der Waals surface area contributed by atoms with Crippen molar-refractivity contribution in [1.29, 1.82) is 0 Å². The van der Waals surface area contributed by atoms with Crippen LogP contribution in [-0.2, 0) is 0 Å². The van der Waals surface area contributed by atoms with Gasteiger partial charge in [-0.3, -0.25) is 4.90 Å². The fourth-order valence-electron chi connectivity index (χ4n) is 3.78. The molecule has 0 radical (unpaired) electrons. The fourth-order valence-corrected chi connectivity index (χ4v) is 3.78. The van der Waals surface area contributed by atoms with E-state index < -0.39 is 0 Å². The van der Waals surface area contributed by atoms with Crippen molar-refractivity contribution < 1.29 is 0 Å². The highest BCUT2D eigenvalue weighted by molar-refractivity contribution is 5.41. The summed E-state index contributed by atoms with van der Waals surface area (Å²) in [5.74, 6) is 2.89. The van der Waals surface area contributed by atoms with Crippen LogP contribution in [0.25, 0.3) is 0 Å². The maximum Gasteiger partial charge on any atom is 0.134 e. The summed E-state index contributed by atoms with van der Waals surface area (Å²) < 4.78 is 0. The molecule has 2 atom stereocenters. The van der Waals surface area contributed by atoms with Crippen LogP contribution in [0, 0.1) is 6.92 Å². The van der Waals surface area contributed by atoms with Crippen molar-refractivity contribution >= 4 is 5.82 Å². The van der Waals surface area contributed by atoms with Crippen LogP contribution in [0.2, 0.25) is 0 Å². The highest BCUT2D eigenvalue weighted by Crippen LogP contribution is 2.39. The predicted molar refractivity (Wildman–Crippen MR) is 80.1 cm³/mol. The quantitative estimate of drug-likeness (QED) is 0.827. The van der Waals surface area contributed by atoms with E-state index in [1.54, 1.807) is 0 Å². The second kappa shape index (κ2) is 4.69. The van der Waals surface area contributed by atoms with Gasteiger partial charge in [0.15, 0.2) is 0 Å². The van der Waals surface area contributed by atoms with Crippen molar-refractivity contribution in [2.75, 3.05) is 25.0 Å². The average molecular weight is 272 g/mol. The van der Waals surface area contributed by atoms with Crippen molar-refractivity contribution in [3.8, 4) is 0 Å².